The van der Waals surface area contributed by atoms with Crippen molar-refractivity contribution >= 4 is 11.8 Å². The van der Waals surface area contributed by atoms with Crippen LogP contribution in [0.3, 0.4) is 0 Å². The second-order valence-electron chi connectivity index (χ2n) is 11.0. The molecule has 186 valence electrons. The quantitative estimate of drug-likeness (QED) is 0.675. The van der Waals surface area contributed by atoms with E-state index in [-0.39, 0.29) is 23.3 Å². The fraction of sp³-hybridized carbons (Fsp3) is 0.615. The molecule has 8 nitrogen and oxygen atoms in total. The Morgan fingerprint density at radius 2 is 1.74 bits per heavy atom. The van der Waals surface area contributed by atoms with Crippen molar-refractivity contribution in [2.45, 2.75) is 65.5 Å². The van der Waals surface area contributed by atoms with Gasteiger partial charge in [-0.15, -0.1) is 10.2 Å². The molecule has 1 N–H and O–H groups in total. The second kappa shape index (κ2) is 10.7. The van der Waals surface area contributed by atoms with Crippen LogP contribution in [0.2, 0.25) is 0 Å². The zero-order chi connectivity index (χ0) is 25.0. The lowest BCUT2D eigenvalue weighted by molar-refractivity contribution is -0.122. The molecular formula is C26H40N6O2. The SMILES string of the molecule is CC(C)C[C@H](NC(=O)CN(C)C)c1nnc2n1CCN(C(=O)c1ccc(C(C)(C)C)cc1)CC2. The first-order valence-corrected chi connectivity index (χ1v) is 12.2. The van der Waals surface area contributed by atoms with Crippen molar-refractivity contribution in [3.05, 3.63) is 47.0 Å². The molecule has 1 aromatic heterocycles. The van der Waals surface area contributed by atoms with Crippen LogP contribution < -0.4 is 5.32 Å². The van der Waals surface area contributed by atoms with E-state index in [0.717, 1.165) is 18.1 Å². The summed E-state index contributed by atoms with van der Waals surface area (Å²) in [5.41, 5.74) is 1.97. The average Bonchev–Trinajstić information content (AvgIpc) is 3.02. The highest BCUT2D eigenvalue weighted by Crippen LogP contribution is 2.24. The van der Waals surface area contributed by atoms with Gasteiger partial charge in [0.15, 0.2) is 5.82 Å². The molecule has 1 aromatic carbocycles. The predicted molar refractivity (Wildman–Crippen MR) is 134 cm³/mol. The molecule has 34 heavy (non-hydrogen) atoms. The van der Waals surface area contributed by atoms with Crippen molar-refractivity contribution in [3.63, 3.8) is 0 Å². The van der Waals surface area contributed by atoms with Crippen LogP contribution in [0.25, 0.3) is 0 Å². The van der Waals surface area contributed by atoms with Crippen LogP contribution >= 0.6 is 0 Å². The Morgan fingerprint density at radius 1 is 1.06 bits per heavy atom. The zero-order valence-electron chi connectivity index (χ0n) is 21.8. The van der Waals surface area contributed by atoms with Gasteiger partial charge in [0.1, 0.15) is 5.82 Å². The van der Waals surface area contributed by atoms with Crippen LogP contribution in [0.15, 0.2) is 24.3 Å². The summed E-state index contributed by atoms with van der Waals surface area (Å²) in [5, 5.41) is 12.0. The largest absolute Gasteiger partial charge is 0.345 e. The Kier molecular flexibility index (Phi) is 8.13. The molecule has 0 aliphatic carbocycles. The number of benzene rings is 1. The van der Waals surface area contributed by atoms with Crippen LogP contribution in [0.1, 0.15) is 74.7 Å². The summed E-state index contributed by atoms with van der Waals surface area (Å²) in [4.78, 5) is 29.5. The van der Waals surface area contributed by atoms with Gasteiger partial charge in [-0.2, -0.15) is 0 Å². The Morgan fingerprint density at radius 3 is 2.32 bits per heavy atom. The van der Waals surface area contributed by atoms with Crippen LogP contribution in [0, 0.1) is 5.92 Å². The average molecular weight is 469 g/mol. The lowest BCUT2D eigenvalue weighted by atomic mass is 9.86. The minimum atomic E-state index is -0.208. The van der Waals surface area contributed by atoms with Gasteiger partial charge in [-0.25, -0.2) is 0 Å². The molecule has 0 radical (unpaired) electrons. The fourth-order valence-corrected chi connectivity index (χ4v) is 4.33. The minimum Gasteiger partial charge on any atom is -0.345 e. The molecule has 2 heterocycles. The van der Waals surface area contributed by atoms with Crippen molar-refractivity contribution in [2.75, 3.05) is 33.7 Å². The predicted octanol–water partition coefficient (Wildman–Crippen LogP) is 3.04. The smallest absolute Gasteiger partial charge is 0.253 e. The van der Waals surface area contributed by atoms with Crippen LogP contribution in [-0.2, 0) is 23.2 Å². The molecule has 0 saturated heterocycles. The third-order valence-corrected chi connectivity index (χ3v) is 6.15. The fourth-order valence-electron chi connectivity index (χ4n) is 4.33. The summed E-state index contributed by atoms with van der Waals surface area (Å²) in [6.45, 7) is 12.9. The molecule has 3 rings (SSSR count). The maximum absolute atomic E-state index is 13.2. The Bertz CT molecular complexity index is 988. The highest BCUT2D eigenvalue weighted by molar-refractivity contribution is 5.94. The maximum Gasteiger partial charge on any atom is 0.253 e. The van der Waals surface area contributed by atoms with Gasteiger partial charge in [0, 0.05) is 31.6 Å². The van der Waals surface area contributed by atoms with Crippen LogP contribution in [0.4, 0.5) is 0 Å². The van der Waals surface area contributed by atoms with E-state index in [4.69, 9.17) is 0 Å². The van der Waals surface area contributed by atoms with Crippen molar-refractivity contribution in [1.29, 1.82) is 0 Å². The van der Waals surface area contributed by atoms with Crippen molar-refractivity contribution in [1.82, 2.24) is 29.9 Å². The number of nitrogens with zero attached hydrogens (tertiary/aromatic N) is 5. The normalized spacial score (nSPS) is 15.3. The first kappa shape index (κ1) is 25.9. The van der Waals surface area contributed by atoms with Gasteiger partial charge in [0.05, 0.1) is 12.6 Å². The Balaban J connectivity index is 1.74. The molecule has 1 atom stereocenters. The molecule has 0 fully saturated rings. The summed E-state index contributed by atoms with van der Waals surface area (Å²) < 4.78 is 2.10. The summed E-state index contributed by atoms with van der Waals surface area (Å²) in [6, 6.07) is 7.74. The van der Waals surface area contributed by atoms with E-state index in [9.17, 15) is 9.59 Å². The first-order chi connectivity index (χ1) is 16.0. The minimum absolute atomic E-state index is 0.0304. The molecule has 8 heteroatoms. The monoisotopic (exact) mass is 468 g/mol. The Hall–Kier alpha value is -2.74. The lowest BCUT2D eigenvalue weighted by Gasteiger charge is -2.23. The van der Waals surface area contributed by atoms with E-state index in [0.29, 0.717) is 44.1 Å². The van der Waals surface area contributed by atoms with Gasteiger partial charge in [-0.1, -0.05) is 46.8 Å². The van der Waals surface area contributed by atoms with Crippen molar-refractivity contribution < 1.29 is 9.59 Å². The van der Waals surface area contributed by atoms with Gasteiger partial charge in [0.2, 0.25) is 5.91 Å². The molecule has 0 saturated carbocycles. The maximum atomic E-state index is 13.2. The number of nitrogens with one attached hydrogen (secondary N) is 1. The van der Waals surface area contributed by atoms with Crippen molar-refractivity contribution in [3.8, 4) is 0 Å². The van der Waals surface area contributed by atoms with Gasteiger partial charge in [0.25, 0.3) is 5.91 Å². The Labute approximate surface area is 203 Å². The number of aromatic nitrogens is 3. The lowest BCUT2D eigenvalue weighted by Crippen LogP contribution is -2.38. The summed E-state index contributed by atoms with van der Waals surface area (Å²) >= 11 is 0. The molecule has 1 aliphatic heterocycles. The van der Waals surface area contributed by atoms with Crippen molar-refractivity contribution in [2.24, 2.45) is 5.92 Å². The number of carbonyl (C=O) groups excluding carboxylic acids is 2. The molecule has 0 unspecified atom stereocenters. The van der Waals surface area contributed by atoms with Crippen LogP contribution in [0.5, 0.6) is 0 Å². The highest BCUT2D eigenvalue weighted by Gasteiger charge is 2.27. The third kappa shape index (κ3) is 6.44. The molecule has 1 aliphatic rings. The van der Waals surface area contributed by atoms with E-state index in [2.05, 4.69) is 54.7 Å². The number of likely N-dealkylation sites (N-methyl/N-ethyl adjacent to an activating group) is 1. The number of amides is 2. The molecule has 2 aromatic rings. The third-order valence-electron chi connectivity index (χ3n) is 6.15. The molecule has 2 amide bonds. The van der Waals surface area contributed by atoms with Gasteiger partial charge in [-0.05, 0) is 49.5 Å². The number of hydrogen-bond donors (Lipinski definition) is 1. The number of hydrogen-bond acceptors (Lipinski definition) is 5. The van der Waals surface area contributed by atoms with E-state index in [1.165, 1.54) is 5.56 Å². The topological polar surface area (TPSA) is 83.4 Å². The summed E-state index contributed by atoms with van der Waals surface area (Å²) in [7, 11) is 3.75. The molecular weight excluding hydrogens is 428 g/mol. The molecule has 0 spiro atoms. The van der Waals surface area contributed by atoms with Gasteiger partial charge < -0.3 is 19.7 Å². The first-order valence-electron chi connectivity index (χ1n) is 12.2. The number of carbonyl (C=O) groups is 2. The summed E-state index contributed by atoms with van der Waals surface area (Å²) in [5.74, 6) is 2.04. The second-order valence-corrected chi connectivity index (χ2v) is 11.0. The van der Waals surface area contributed by atoms with Crippen LogP contribution in [-0.4, -0.2) is 70.1 Å². The van der Waals surface area contributed by atoms with E-state index < -0.39 is 0 Å². The molecule has 0 bridgehead atoms. The van der Waals surface area contributed by atoms with Gasteiger partial charge in [-0.3, -0.25) is 9.59 Å². The number of fused-ring (bicyclic) bond motifs is 1. The van der Waals surface area contributed by atoms with E-state index in [1.54, 1.807) is 0 Å². The van der Waals surface area contributed by atoms with E-state index >= 15 is 0 Å². The number of rotatable bonds is 7. The zero-order valence-corrected chi connectivity index (χ0v) is 21.8. The standard InChI is InChI=1S/C26H40N6O2/c1-18(2)16-21(27-23(33)17-30(6)7)24-29-28-22-12-13-31(14-15-32(22)24)25(34)19-8-10-20(11-9-19)26(3,4)5/h8-11,18,21H,12-17H2,1-7H3,(H,27,33)/t21-/m0/s1. The summed E-state index contributed by atoms with van der Waals surface area (Å²) in [6.07, 6.45) is 1.42. The highest BCUT2D eigenvalue weighted by atomic mass is 16.2. The van der Waals surface area contributed by atoms with E-state index in [1.807, 2.05) is 48.2 Å². The van der Waals surface area contributed by atoms with Gasteiger partial charge >= 0.3 is 0 Å².